The van der Waals surface area contributed by atoms with Crippen molar-refractivity contribution in [2.24, 2.45) is 0 Å². The monoisotopic (exact) mass is 303 g/mol. The number of nitrogens with zero attached hydrogens (tertiary/aromatic N) is 5. The Balaban J connectivity index is 2.04. The molecule has 6 nitrogen and oxygen atoms in total. The summed E-state index contributed by atoms with van der Waals surface area (Å²) in [6.45, 7) is 11.4. The number of anilines is 1. The Hall–Kier alpha value is -1.71. The van der Waals surface area contributed by atoms with Gasteiger partial charge in [-0.1, -0.05) is 6.92 Å². The van der Waals surface area contributed by atoms with Crippen molar-refractivity contribution in [2.75, 3.05) is 44.3 Å². The van der Waals surface area contributed by atoms with Gasteiger partial charge in [0.2, 0.25) is 5.95 Å². The molecule has 6 heteroatoms. The lowest BCUT2D eigenvalue weighted by atomic mass is 10.1. The van der Waals surface area contributed by atoms with E-state index < -0.39 is 0 Å². The van der Waals surface area contributed by atoms with Gasteiger partial charge >= 0.3 is 0 Å². The fraction of sp³-hybridized carbons (Fsp3) is 0.688. The molecule has 0 radical (unpaired) electrons. The molecule has 0 saturated carbocycles. The van der Waals surface area contributed by atoms with E-state index in [-0.39, 0.29) is 0 Å². The number of hydrogen-bond donors (Lipinski definition) is 0. The summed E-state index contributed by atoms with van der Waals surface area (Å²) in [5.74, 6) is 0.680. The van der Waals surface area contributed by atoms with Crippen LogP contribution in [0.15, 0.2) is 6.07 Å². The zero-order chi connectivity index (χ0) is 15.9. The molecule has 2 rings (SSSR count). The summed E-state index contributed by atoms with van der Waals surface area (Å²) in [7, 11) is 0. The molecule has 1 unspecified atom stereocenters. The maximum absolute atomic E-state index is 9.06. The summed E-state index contributed by atoms with van der Waals surface area (Å²) in [6.07, 6.45) is 1.08. The van der Waals surface area contributed by atoms with Gasteiger partial charge in [-0.15, -0.1) is 0 Å². The van der Waals surface area contributed by atoms with Gasteiger partial charge in [0.15, 0.2) is 0 Å². The van der Waals surface area contributed by atoms with Crippen LogP contribution < -0.4 is 4.90 Å². The van der Waals surface area contributed by atoms with E-state index in [0.29, 0.717) is 17.7 Å². The summed E-state index contributed by atoms with van der Waals surface area (Å²) in [6, 6.07) is 4.31. The van der Waals surface area contributed by atoms with E-state index in [1.54, 1.807) is 6.07 Å². The molecule has 1 fully saturated rings. The second kappa shape index (κ2) is 8.06. The van der Waals surface area contributed by atoms with Gasteiger partial charge in [0, 0.05) is 44.5 Å². The Labute approximate surface area is 132 Å². The van der Waals surface area contributed by atoms with Crippen molar-refractivity contribution in [3.05, 3.63) is 17.5 Å². The van der Waals surface area contributed by atoms with E-state index >= 15 is 0 Å². The van der Waals surface area contributed by atoms with Crippen molar-refractivity contribution >= 4 is 5.95 Å². The van der Waals surface area contributed by atoms with E-state index in [4.69, 9.17) is 10.00 Å². The maximum atomic E-state index is 9.06. The minimum Gasteiger partial charge on any atom is -0.380 e. The van der Waals surface area contributed by atoms with Crippen LogP contribution in [0, 0.1) is 18.3 Å². The molecule has 1 atom stereocenters. The van der Waals surface area contributed by atoms with Crippen LogP contribution in [0.25, 0.3) is 0 Å². The molecule has 22 heavy (non-hydrogen) atoms. The van der Waals surface area contributed by atoms with Crippen LogP contribution in [0.2, 0.25) is 0 Å². The lowest BCUT2D eigenvalue weighted by Gasteiger charge is -2.41. The lowest BCUT2D eigenvalue weighted by Crippen LogP contribution is -2.54. The van der Waals surface area contributed by atoms with Gasteiger partial charge < -0.3 is 9.64 Å². The van der Waals surface area contributed by atoms with E-state index in [1.165, 1.54) is 0 Å². The first kappa shape index (κ1) is 16.7. The molecule has 0 amide bonds. The van der Waals surface area contributed by atoms with Crippen LogP contribution in [0.3, 0.4) is 0 Å². The smallest absolute Gasteiger partial charge is 0.226 e. The molecule has 120 valence electrons. The molecular formula is C16H25N5O. The van der Waals surface area contributed by atoms with Gasteiger partial charge in [0.25, 0.3) is 0 Å². The lowest BCUT2D eigenvalue weighted by molar-refractivity contribution is 0.0867. The normalized spacial score (nSPS) is 19.2. The highest BCUT2D eigenvalue weighted by Gasteiger charge is 2.27. The average Bonchev–Trinajstić information content (AvgIpc) is 2.54. The fourth-order valence-corrected chi connectivity index (χ4v) is 2.83. The maximum Gasteiger partial charge on any atom is 0.226 e. The van der Waals surface area contributed by atoms with Gasteiger partial charge in [0.05, 0.1) is 6.61 Å². The first-order chi connectivity index (χ1) is 10.7. The number of hydrogen-bond acceptors (Lipinski definition) is 6. The third-order valence-electron chi connectivity index (χ3n) is 4.04. The minimum absolute atomic E-state index is 0.439. The summed E-state index contributed by atoms with van der Waals surface area (Å²) in [5.41, 5.74) is 1.28. The Morgan fingerprint density at radius 1 is 1.36 bits per heavy atom. The standard InChI is InChI=1S/C16H25N5O/c1-4-15-12-21(7-6-20(15)8-9-22-5-2)16-18-13(3)10-14(11-17)19-16/h10,15H,4-9,12H2,1-3H3. The highest BCUT2D eigenvalue weighted by atomic mass is 16.5. The van der Waals surface area contributed by atoms with Crippen LogP contribution in [0.4, 0.5) is 5.95 Å². The van der Waals surface area contributed by atoms with Crippen LogP contribution in [-0.2, 0) is 4.74 Å². The zero-order valence-corrected chi connectivity index (χ0v) is 13.7. The number of aryl methyl sites for hydroxylation is 1. The van der Waals surface area contributed by atoms with Crippen LogP contribution in [0.1, 0.15) is 31.7 Å². The molecule has 0 N–H and O–H groups in total. The second-order valence-electron chi connectivity index (χ2n) is 5.55. The number of aromatic nitrogens is 2. The number of piperazine rings is 1. The van der Waals surface area contributed by atoms with Crippen molar-refractivity contribution in [1.82, 2.24) is 14.9 Å². The molecule has 0 aromatic carbocycles. The van der Waals surface area contributed by atoms with Crippen molar-refractivity contribution < 1.29 is 4.74 Å². The second-order valence-corrected chi connectivity index (χ2v) is 5.55. The van der Waals surface area contributed by atoms with Gasteiger partial charge in [0.1, 0.15) is 11.8 Å². The Morgan fingerprint density at radius 2 is 2.18 bits per heavy atom. The Morgan fingerprint density at radius 3 is 2.86 bits per heavy atom. The number of rotatable bonds is 6. The number of nitriles is 1. The summed E-state index contributed by atoms with van der Waals surface area (Å²) >= 11 is 0. The third-order valence-corrected chi connectivity index (χ3v) is 4.04. The summed E-state index contributed by atoms with van der Waals surface area (Å²) in [5, 5.41) is 9.06. The molecule has 1 saturated heterocycles. The fourth-order valence-electron chi connectivity index (χ4n) is 2.83. The predicted molar refractivity (Wildman–Crippen MR) is 85.8 cm³/mol. The van der Waals surface area contributed by atoms with Gasteiger partial charge in [-0.05, 0) is 26.3 Å². The molecule has 1 aliphatic rings. The molecule has 0 spiro atoms. The Bertz CT molecular complexity index is 528. The molecule has 2 heterocycles. The molecular weight excluding hydrogens is 278 g/mol. The highest BCUT2D eigenvalue weighted by Crippen LogP contribution is 2.18. The summed E-state index contributed by atoms with van der Waals surface area (Å²) in [4.78, 5) is 13.5. The SMILES string of the molecule is CCOCCN1CCN(c2nc(C)cc(C#N)n2)CC1CC. The van der Waals surface area contributed by atoms with E-state index in [1.807, 2.05) is 13.8 Å². The van der Waals surface area contributed by atoms with Crippen molar-refractivity contribution in [3.63, 3.8) is 0 Å². The molecule has 1 aliphatic heterocycles. The predicted octanol–water partition coefficient (Wildman–Crippen LogP) is 1.59. The largest absolute Gasteiger partial charge is 0.380 e. The third kappa shape index (κ3) is 4.15. The van der Waals surface area contributed by atoms with E-state index in [9.17, 15) is 0 Å². The minimum atomic E-state index is 0.439. The topological polar surface area (TPSA) is 65.3 Å². The van der Waals surface area contributed by atoms with Gasteiger partial charge in [-0.2, -0.15) is 5.26 Å². The molecule has 0 aliphatic carbocycles. The average molecular weight is 303 g/mol. The molecule has 1 aromatic rings. The molecule has 0 bridgehead atoms. The van der Waals surface area contributed by atoms with Crippen LogP contribution >= 0.6 is 0 Å². The highest BCUT2D eigenvalue weighted by molar-refractivity contribution is 5.36. The quantitative estimate of drug-likeness (QED) is 0.744. The summed E-state index contributed by atoms with van der Waals surface area (Å²) < 4.78 is 5.47. The zero-order valence-electron chi connectivity index (χ0n) is 13.7. The molecule has 1 aromatic heterocycles. The van der Waals surface area contributed by atoms with Crippen LogP contribution in [-0.4, -0.2) is 60.3 Å². The first-order valence-corrected chi connectivity index (χ1v) is 8.00. The van der Waals surface area contributed by atoms with Crippen LogP contribution in [0.5, 0.6) is 0 Å². The van der Waals surface area contributed by atoms with Gasteiger partial charge in [-0.25, -0.2) is 9.97 Å². The van der Waals surface area contributed by atoms with E-state index in [0.717, 1.165) is 51.5 Å². The van der Waals surface area contributed by atoms with Crippen molar-refractivity contribution in [3.8, 4) is 6.07 Å². The first-order valence-electron chi connectivity index (χ1n) is 8.00. The van der Waals surface area contributed by atoms with Gasteiger partial charge in [-0.3, -0.25) is 4.90 Å². The Kier molecular flexibility index (Phi) is 6.10. The van der Waals surface area contributed by atoms with Crippen molar-refractivity contribution in [1.29, 1.82) is 5.26 Å². The van der Waals surface area contributed by atoms with E-state index in [2.05, 4.69) is 32.8 Å². The van der Waals surface area contributed by atoms with Crippen molar-refractivity contribution in [2.45, 2.75) is 33.2 Å². The number of ether oxygens (including phenoxy) is 1.